The van der Waals surface area contributed by atoms with Crippen molar-refractivity contribution in [2.24, 2.45) is 10.7 Å². The Hall–Kier alpha value is -1.95. The van der Waals surface area contributed by atoms with E-state index in [1.165, 1.54) is 0 Å². The van der Waals surface area contributed by atoms with Gasteiger partial charge in [-0.3, -0.25) is 9.89 Å². The fraction of sp³-hybridized carbons (Fsp3) is 0.267. The van der Waals surface area contributed by atoms with Crippen molar-refractivity contribution < 1.29 is 9.15 Å². The second kappa shape index (κ2) is 5.11. The number of rotatable bonds is 3. The fourth-order valence-corrected chi connectivity index (χ4v) is 2.89. The topological polar surface area (TPSA) is 64.0 Å². The molecule has 0 saturated heterocycles. The summed E-state index contributed by atoms with van der Waals surface area (Å²) in [6.07, 6.45) is 0. The van der Waals surface area contributed by atoms with Crippen molar-refractivity contribution in [3.8, 4) is 5.75 Å². The summed E-state index contributed by atoms with van der Waals surface area (Å²) in [5.41, 5.74) is 6.57. The third-order valence-electron chi connectivity index (χ3n) is 3.69. The minimum Gasteiger partial charge on any atom is -0.497 e. The number of benzene rings is 1. The zero-order valence-corrected chi connectivity index (χ0v) is 13.4. The van der Waals surface area contributed by atoms with Gasteiger partial charge in [-0.1, -0.05) is 6.07 Å². The Bertz CT molecular complexity index is 698. The van der Waals surface area contributed by atoms with Gasteiger partial charge < -0.3 is 14.9 Å². The molecule has 0 aliphatic carbocycles. The molecule has 0 radical (unpaired) electrons. The lowest BCUT2D eigenvalue weighted by molar-refractivity contribution is 0.377. The van der Waals surface area contributed by atoms with Crippen LogP contribution in [-0.4, -0.2) is 19.6 Å². The van der Waals surface area contributed by atoms with Gasteiger partial charge in [0.15, 0.2) is 10.6 Å². The van der Waals surface area contributed by atoms with E-state index in [1.807, 2.05) is 41.3 Å². The van der Waals surface area contributed by atoms with E-state index in [4.69, 9.17) is 14.9 Å². The second-order valence-corrected chi connectivity index (χ2v) is 5.87. The van der Waals surface area contributed by atoms with Crippen molar-refractivity contribution in [1.82, 2.24) is 0 Å². The van der Waals surface area contributed by atoms with Crippen molar-refractivity contribution in [2.75, 3.05) is 18.6 Å². The van der Waals surface area contributed by atoms with Crippen molar-refractivity contribution in [3.63, 3.8) is 0 Å². The molecule has 21 heavy (non-hydrogen) atoms. The van der Waals surface area contributed by atoms with Crippen LogP contribution in [-0.2, 0) is 5.54 Å². The number of furan rings is 1. The summed E-state index contributed by atoms with van der Waals surface area (Å²) < 4.78 is 11.7. The number of aliphatic imine (C=N–C) groups is 1. The van der Waals surface area contributed by atoms with E-state index in [9.17, 15) is 0 Å². The average molecular weight is 350 g/mol. The summed E-state index contributed by atoms with van der Waals surface area (Å²) in [7, 11) is 1.64. The molecular formula is C15H16BrN3O2. The fourth-order valence-electron chi connectivity index (χ4n) is 2.59. The van der Waals surface area contributed by atoms with Gasteiger partial charge >= 0.3 is 0 Å². The number of anilines is 1. The minimum atomic E-state index is -0.456. The van der Waals surface area contributed by atoms with Crippen LogP contribution in [0.3, 0.4) is 0 Å². The molecule has 6 heteroatoms. The largest absolute Gasteiger partial charge is 0.497 e. The molecule has 5 nitrogen and oxygen atoms in total. The Kier molecular flexibility index (Phi) is 3.41. The zero-order chi connectivity index (χ0) is 15.0. The predicted octanol–water partition coefficient (Wildman–Crippen LogP) is 3.10. The second-order valence-electron chi connectivity index (χ2n) is 5.09. The summed E-state index contributed by atoms with van der Waals surface area (Å²) in [6.45, 7) is 2.59. The Morgan fingerprint density at radius 3 is 2.86 bits per heavy atom. The van der Waals surface area contributed by atoms with Crippen LogP contribution >= 0.6 is 15.9 Å². The lowest BCUT2D eigenvalue weighted by Gasteiger charge is -2.34. The Morgan fingerprint density at radius 1 is 1.38 bits per heavy atom. The van der Waals surface area contributed by atoms with Gasteiger partial charge in [0.05, 0.1) is 13.7 Å². The van der Waals surface area contributed by atoms with E-state index in [1.54, 1.807) is 7.11 Å². The highest BCUT2D eigenvalue weighted by Gasteiger charge is 2.43. The zero-order valence-electron chi connectivity index (χ0n) is 11.8. The van der Waals surface area contributed by atoms with Crippen LogP contribution in [0.25, 0.3) is 0 Å². The average Bonchev–Trinajstić information content (AvgIpc) is 3.04. The molecule has 1 atom stereocenters. The standard InChI is InChI=1S/C15H16BrN3O2/c1-15(12-6-7-13(16)21-12)9-18-14(17)19(15)10-4-3-5-11(8-10)20-2/h3-8H,9H2,1-2H3,(H2,17,18). The van der Waals surface area contributed by atoms with Gasteiger partial charge in [-0.25, -0.2) is 0 Å². The first kappa shape index (κ1) is 14.0. The molecule has 1 aromatic heterocycles. The Morgan fingerprint density at radius 2 is 2.19 bits per heavy atom. The maximum atomic E-state index is 6.10. The molecule has 1 aromatic carbocycles. The summed E-state index contributed by atoms with van der Waals surface area (Å²) >= 11 is 3.34. The monoisotopic (exact) mass is 349 g/mol. The van der Waals surface area contributed by atoms with Gasteiger partial charge in [0.25, 0.3) is 0 Å². The van der Waals surface area contributed by atoms with E-state index < -0.39 is 5.54 Å². The molecule has 2 N–H and O–H groups in total. The van der Waals surface area contributed by atoms with Crippen molar-refractivity contribution in [2.45, 2.75) is 12.5 Å². The van der Waals surface area contributed by atoms with Gasteiger partial charge in [0.1, 0.15) is 17.0 Å². The molecule has 1 aliphatic heterocycles. The third-order valence-corrected chi connectivity index (χ3v) is 4.11. The first-order valence-corrected chi connectivity index (χ1v) is 7.34. The van der Waals surface area contributed by atoms with Crippen molar-refractivity contribution >= 4 is 27.6 Å². The van der Waals surface area contributed by atoms with Crippen LogP contribution in [0, 0.1) is 0 Å². The molecule has 0 spiro atoms. The first-order valence-electron chi connectivity index (χ1n) is 6.54. The van der Waals surface area contributed by atoms with Crippen LogP contribution < -0.4 is 15.4 Å². The van der Waals surface area contributed by atoms with Crippen LogP contribution in [0.2, 0.25) is 0 Å². The minimum absolute atomic E-state index is 0.456. The van der Waals surface area contributed by atoms with Gasteiger partial charge in [-0.15, -0.1) is 0 Å². The molecule has 1 unspecified atom stereocenters. The van der Waals surface area contributed by atoms with E-state index in [0.29, 0.717) is 17.2 Å². The van der Waals surface area contributed by atoms with Crippen LogP contribution in [0.15, 0.2) is 50.5 Å². The summed E-state index contributed by atoms with van der Waals surface area (Å²) in [4.78, 5) is 6.37. The smallest absolute Gasteiger partial charge is 0.196 e. The highest BCUT2D eigenvalue weighted by atomic mass is 79.9. The highest BCUT2D eigenvalue weighted by molar-refractivity contribution is 9.10. The Balaban J connectivity index is 2.06. The molecule has 0 fully saturated rings. The third kappa shape index (κ3) is 2.29. The molecule has 110 valence electrons. The predicted molar refractivity (Wildman–Crippen MR) is 85.7 cm³/mol. The van der Waals surface area contributed by atoms with E-state index in [2.05, 4.69) is 27.8 Å². The number of halogens is 1. The van der Waals surface area contributed by atoms with E-state index in [0.717, 1.165) is 17.2 Å². The summed E-state index contributed by atoms with van der Waals surface area (Å²) in [5.74, 6) is 2.05. The van der Waals surface area contributed by atoms with Gasteiger partial charge in [-0.2, -0.15) is 0 Å². The lowest BCUT2D eigenvalue weighted by Crippen LogP contribution is -2.47. The summed E-state index contributed by atoms with van der Waals surface area (Å²) in [5, 5.41) is 0. The summed E-state index contributed by atoms with van der Waals surface area (Å²) in [6, 6.07) is 11.5. The molecule has 1 aliphatic rings. The van der Waals surface area contributed by atoms with Gasteiger partial charge in [-0.05, 0) is 47.1 Å². The lowest BCUT2D eigenvalue weighted by atomic mass is 9.97. The van der Waals surface area contributed by atoms with E-state index >= 15 is 0 Å². The quantitative estimate of drug-likeness (QED) is 0.924. The van der Waals surface area contributed by atoms with Gasteiger partial charge in [0.2, 0.25) is 0 Å². The molecule has 2 heterocycles. The molecule has 0 saturated carbocycles. The number of nitrogens with zero attached hydrogens (tertiary/aromatic N) is 2. The number of nitrogens with two attached hydrogens (primary N) is 1. The molecule has 0 bridgehead atoms. The first-order chi connectivity index (χ1) is 10.0. The maximum Gasteiger partial charge on any atom is 0.196 e. The SMILES string of the molecule is COc1cccc(N2C(N)=NCC2(C)c2ccc(Br)o2)c1. The molecule has 2 aromatic rings. The molecular weight excluding hydrogens is 334 g/mol. The number of hydrogen-bond donors (Lipinski definition) is 1. The Labute approximate surface area is 131 Å². The van der Waals surface area contributed by atoms with Crippen molar-refractivity contribution in [3.05, 3.63) is 46.8 Å². The maximum absolute atomic E-state index is 6.10. The van der Waals surface area contributed by atoms with Crippen LogP contribution in [0.1, 0.15) is 12.7 Å². The van der Waals surface area contributed by atoms with E-state index in [-0.39, 0.29) is 0 Å². The van der Waals surface area contributed by atoms with Crippen molar-refractivity contribution in [1.29, 1.82) is 0 Å². The van der Waals surface area contributed by atoms with Crippen LogP contribution in [0.4, 0.5) is 5.69 Å². The molecule has 0 amide bonds. The number of guanidine groups is 1. The molecule has 3 rings (SSSR count). The highest BCUT2D eigenvalue weighted by Crippen LogP contribution is 2.39. The van der Waals surface area contributed by atoms with Gasteiger partial charge in [0, 0.05) is 11.8 Å². The van der Waals surface area contributed by atoms with Crippen LogP contribution in [0.5, 0.6) is 5.75 Å². The number of hydrogen-bond acceptors (Lipinski definition) is 5. The number of ether oxygens (including phenoxy) is 1. The number of methoxy groups -OCH3 is 1. The normalized spacial score (nSPS) is 21.5.